The lowest BCUT2D eigenvalue weighted by atomic mass is 10.2. The SMILES string of the molecule is Cc1nc2ccccn2c1-c1nnc2sc(-c3ccccc3Br)nn12. The molecule has 0 N–H and O–H groups in total. The summed E-state index contributed by atoms with van der Waals surface area (Å²) in [4.78, 5) is 5.36. The second-order valence-electron chi connectivity index (χ2n) is 5.58. The monoisotopic (exact) mass is 410 g/mol. The number of hydrogen-bond acceptors (Lipinski definition) is 5. The van der Waals surface area contributed by atoms with E-state index in [1.54, 1.807) is 4.52 Å². The standard InChI is InChI=1S/C17H11BrN6S/c1-10-14(23-9-5-4-8-13(23)19-10)15-20-21-17-24(15)22-16(25-17)11-6-2-3-7-12(11)18/h2-9H,1H3. The van der Waals surface area contributed by atoms with Gasteiger partial charge in [0, 0.05) is 16.2 Å². The van der Waals surface area contributed by atoms with Gasteiger partial charge >= 0.3 is 0 Å². The molecule has 0 spiro atoms. The second-order valence-corrected chi connectivity index (χ2v) is 7.39. The number of pyridine rings is 1. The molecule has 1 aromatic carbocycles. The van der Waals surface area contributed by atoms with Crippen LogP contribution in [-0.2, 0) is 0 Å². The van der Waals surface area contributed by atoms with Crippen LogP contribution in [0, 0.1) is 6.92 Å². The molecule has 0 fully saturated rings. The van der Waals surface area contributed by atoms with E-state index in [4.69, 9.17) is 5.10 Å². The molecule has 0 saturated heterocycles. The van der Waals surface area contributed by atoms with Crippen molar-refractivity contribution in [2.45, 2.75) is 6.92 Å². The quantitative estimate of drug-likeness (QED) is 0.436. The molecule has 5 aromatic rings. The van der Waals surface area contributed by atoms with E-state index in [-0.39, 0.29) is 0 Å². The van der Waals surface area contributed by atoms with Gasteiger partial charge in [0.1, 0.15) is 16.3 Å². The maximum absolute atomic E-state index is 4.75. The molecule has 0 bridgehead atoms. The van der Waals surface area contributed by atoms with Crippen LogP contribution >= 0.6 is 27.3 Å². The van der Waals surface area contributed by atoms with Gasteiger partial charge in [-0.3, -0.25) is 4.40 Å². The van der Waals surface area contributed by atoms with Crippen molar-refractivity contribution in [3.05, 3.63) is 58.8 Å². The predicted octanol–water partition coefficient (Wildman–Crippen LogP) is 4.24. The number of halogens is 1. The highest BCUT2D eigenvalue weighted by Crippen LogP contribution is 2.33. The van der Waals surface area contributed by atoms with E-state index in [0.717, 1.165) is 37.0 Å². The molecule has 0 saturated carbocycles. The predicted molar refractivity (Wildman–Crippen MR) is 101 cm³/mol. The van der Waals surface area contributed by atoms with E-state index in [0.29, 0.717) is 5.82 Å². The molecule has 0 aliphatic heterocycles. The number of aromatic nitrogens is 6. The highest BCUT2D eigenvalue weighted by molar-refractivity contribution is 9.10. The molecular formula is C17H11BrN6S. The molecular weight excluding hydrogens is 400 g/mol. The van der Waals surface area contributed by atoms with Crippen molar-refractivity contribution in [2.75, 3.05) is 0 Å². The first-order valence-corrected chi connectivity index (χ1v) is 9.24. The molecule has 25 heavy (non-hydrogen) atoms. The lowest BCUT2D eigenvalue weighted by Crippen LogP contribution is -1.96. The van der Waals surface area contributed by atoms with E-state index in [1.165, 1.54) is 11.3 Å². The van der Waals surface area contributed by atoms with Crippen molar-refractivity contribution >= 4 is 37.9 Å². The van der Waals surface area contributed by atoms with E-state index in [1.807, 2.05) is 60.0 Å². The van der Waals surface area contributed by atoms with Gasteiger partial charge in [-0.05, 0) is 25.1 Å². The Morgan fingerprint density at radius 3 is 2.76 bits per heavy atom. The maximum Gasteiger partial charge on any atom is 0.235 e. The smallest absolute Gasteiger partial charge is 0.235 e. The summed E-state index contributed by atoms with van der Waals surface area (Å²) in [6, 6.07) is 14.0. The first-order chi connectivity index (χ1) is 12.2. The molecule has 0 radical (unpaired) electrons. The number of hydrogen-bond donors (Lipinski definition) is 0. The Labute approximate surface area is 154 Å². The molecule has 8 heteroatoms. The van der Waals surface area contributed by atoms with Crippen LogP contribution in [0.15, 0.2) is 53.1 Å². The van der Waals surface area contributed by atoms with E-state index in [2.05, 4.69) is 31.1 Å². The van der Waals surface area contributed by atoms with Crippen molar-refractivity contribution < 1.29 is 0 Å². The Balaban J connectivity index is 1.75. The van der Waals surface area contributed by atoms with Gasteiger partial charge in [-0.15, -0.1) is 10.2 Å². The summed E-state index contributed by atoms with van der Waals surface area (Å²) in [5.41, 5.74) is 3.73. The van der Waals surface area contributed by atoms with E-state index >= 15 is 0 Å². The molecule has 122 valence electrons. The van der Waals surface area contributed by atoms with Crippen LogP contribution in [0.2, 0.25) is 0 Å². The van der Waals surface area contributed by atoms with Crippen LogP contribution in [0.25, 0.3) is 32.7 Å². The summed E-state index contributed by atoms with van der Waals surface area (Å²) in [7, 11) is 0. The fraction of sp³-hybridized carbons (Fsp3) is 0.0588. The summed E-state index contributed by atoms with van der Waals surface area (Å²) >= 11 is 5.10. The number of rotatable bonds is 2. The van der Waals surface area contributed by atoms with Crippen molar-refractivity contribution in [2.24, 2.45) is 0 Å². The average molecular weight is 411 g/mol. The zero-order valence-corrected chi connectivity index (χ0v) is 15.5. The minimum absolute atomic E-state index is 0.695. The van der Waals surface area contributed by atoms with Gasteiger partial charge < -0.3 is 0 Å². The summed E-state index contributed by atoms with van der Waals surface area (Å²) in [5, 5.41) is 14.3. The summed E-state index contributed by atoms with van der Waals surface area (Å²) < 4.78 is 4.82. The Morgan fingerprint density at radius 1 is 1.04 bits per heavy atom. The molecule has 4 aromatic heterocycles. The molecule has 0 unspecified atom stereocenters. The molecule has 0 atom stereocenters. The fourth-order valence-corrected chi connectivity index (χ4v) is 4.37. The highest BCUT2D eigenvalue weighted by Gasteiger charge is 2.20. The second kappa shape index (κ2) is 5.47. The first kappa shape index (κ1) is 14.7. The molecule has 4 heterocycles. The normalized spacial score (nSPS) is 11.6. The van der Waals surface area contributed by atoms with Crippen LogP contribution in [-0.4, -0.2) is 29.2 Å². The molecule has 0 amide bonds. The molecule has 6 nitrogen and oxygen atoms in total. The summed E-state index contributed by atoms with van der Waals surface area (Å²) in [6.45, 7) is 1.98. The fourth-order valence-electron chi connectivity index (χ4n) is 2.89. The van der Waals surface area contributed by atoms with Gasteiger partial charge in [-0.2, -0.15) is 9.61 Å². The zero-order chi connectivity index (χ0) is 17.0. The lowest BCUT2D eigenvalue weighted by Gasteiger charge is -2.00. The third kappa shape index (κ3) is 2.21. The van der Waals surface area contributed by atoms with Crippen molar-refractivity contribution in [1.82, 2.24) is 29.2 Å². The zero-order valence-electron chi connectivity index (χ0n) is 13.1. The summed E-state index contributed by atoms with van der Waals surface area (Å²) in [5.74, 6) is 0.695. The minimum atomic E-state index is 0.695. The number of aryl methyl sites for hydroxylation is 1. The van der Waals surface area contributed by atoms with Crippen LogP contribution in [0.4, 0.5) is 0 Å². The van der Waals surface area contributed by atoms with Crippen LogP contribution < -0.4 is 0 Å². The third-order valence-corrected chi connectivity index (χ3v) is 5.63. The Kier molecular flexibility index (Phi) is 3.22. The van der Waals surface area contributed by atoms with E-state index < -0.39 is 0 Å². The van der Waals surface area contributed by atoms with Crippen LogP contribution in [0.5, 0.6) is 0 Å². The molecule has 0 aliphatic rings. The van der Waals surface area contributed by atoms with Gasteiger partial charge in [-0.1, -0.05) is 51.5 Å². The van der Waals surface area contributed by atoms with E-state index in [9.17, 15) is 0 Å². The summed E-state index contributed by atoms with van der Waals surface area (Å²) in [6.07, 6.45) is 1.98. The third-order valence-electron chi connectivity index (χ3n) is 4.01. The first-order valence-electron chi connectivity index (χ1n) is 7.63. The molecule has 5 rings (SSSR count). The Hall–Kier alpha value is -2.58. The van der Waals surface area contributed by atoms with Crippen LogP contribution in [0.1, 0.15) is 5.69 Å². The Morgan fingerprint density at radius 2 is 1.88 bits per heavy atom. The Bertz CT molecular complexity index is 1230. The topological polar surface area (TPSA) is 60.4 Å². The van der Waals surface area contributed by atoms with Gasteiger partial charge in [0.2, 0.25) is 10.8 Å². The van der Waals surface area contributed by atoms with Crippen molar-refractivity contribution in [1.29, 1.82) is 0 Å². The molecule has 0 aliphatic carbocycles. The van der Waals surface area contributed by atoms with Crippen molar-refractivity contribution in [3.63, 3.8) is 0 Å². The number of benzene rings is 1. The maximum atomic E-state index is 4.75. The average Bonchev–Trinajstić information content (AvgIpc) is 3.27. The number of fused-ring (bicyclic) bond motifs is 2. The lowest BCUT2D eigenvalue weighted by molar-refractivity contribution is 0.954. The largest absolute Gasteiger partial charge is 0.297 e. The number of imidazole rings is 1. The van der Waals surface area contributed by atoms with Crippen molar-refractivity contribution in [3.8, 4) is 22.1 Å². The minimum Gasteiger partial charge on any atom is -0.297 e. The van der Waals surface area contributed by atoms with Gasteiger partial charge in [0.05, 0.1) is 5.69 Å². The highest BCUT2D eigenvalue weighted by atomic mass is 79.9. The van der Waals surface area contributed by atoms with Crippen LogP contribution in [0.3, 0.4) is 0 Å². The van der Waals surface area contributed by atoms with Gasteiger partial charge in [0.15, 0.2) is 0 Å². The number of nitrogens with zero attached hydrogens (tertiary/aromatic N) is 6. The van der Waals surface area contributed by atoms with Gasteiger partial charge in [-0.25, -0.2) is 4.98 Å². The van der Waals surface area contributed by atoms with Gasteiger partial charge in [0.25, 0.3) is 0 Å².